The van der Waals surface area contributed by atoms with E-state index in [1.807, 2.05) is 0 Å². The van der Waals surface area contributed by atoms with E-state index in [0.717, 1.165) is 16.9 Å². The van der Waals surface area contributed by atoms with E-state index in [9.17, 15) is 0 Å². The van der Waals surface area contributed by atoms with Crippen molar-refractivity contribution in [3.63, 3.8) is 0 Å². The van der Waals surface area contributed by atoms with Crippen LogP contribution in [-0.4, -0.2) is 9.13 Å². The molecule has 0 saturated carbocycles. The lowest BCUT2D eigenvalue weighted by Gasteiger charge is -2.42. The summed E-state index contributed by atoms with van der Waals surface area (Å²) in [5, 5.41) is 4.92. The third-order valence-corrected chi connectivity index (χ3v) is 23.0. The molecule has 0 aliphatic heterocycles. The molecule has 0 spiro atoms. The zero-order valence-electron chi connectivity index (χ0n) is 41.7. The SMILES string of the molecule is c1ccc(-c2cccc(S(c3ccccc3)(c3ccccc3)c3cccc4c3c3ccccc3n4-c3cccc4c3c3ccccc3n4-c3ccc(S(c4ccccc4)(c4ccccc4)c4ccccc4)cc3)c2)cc1. The number of nitrogens with zero attached hydrogens (tertiary/aromatic N) is 2. The molecule has 0 radical (unpaired) electrons. The van der Waals surface area contributed by atoms with Crippen LogP contribution in [0.5, 0.6) is 0 Å². The van der Waals surface area contributed by atoms with Crippen molar-refractivity contribution in [3.8, 4) is 22.5 Å². The fourth-order valence-corrected chi connectivity index (χ4v) is 20.0. The van der Waals surface area contributed by atoms with Gasteiger partial charge < -0.3 is 9.13 Å². The first-order valence-corrected chi connectivity index (χ1v) is 29.2. The van der Waals surface area contributed by atoms with Gasteiger partial charge in [-0.1, -0.05) is 182 Å². The van der Waals surface area contributed by atoms with Crippen LogP contribution >= 0.6 is 20.1 Å². The van der Waals surface area contributed by atoms with Gasteiger partial charge >= 0.3 is 0 Å². The zero-order chi connectivity index (χ0) is 50.5. The first kappa shape index (κ1) is 45.5. The number of hydrogen-bond acceptors (Lipinski definition) is 0. The molecule has 2 nitrogen and oxygen atoms in total. The van der Waals surface area contributed by atoms with E-state index in [2.05, 4.69) is 325 Å². The fraction of sp³-hybridized carbons (Fsp3) is 0. The molecule has 0 bridgehead atoms. The van der Waals surface area contributed by atoms with Gasteiger partial charge in [-0.25, -0.2) is 0 Å². The summed E-state index contributed by atoms with van der Waals surface area (Å²) in [6.07, 6.45) is 0. The zero-order valence-corrected chi connectivity index (χ0v) is 43.4. The Labute approximate surface area is 447 Å². The molecule has 12 aromatic carbocycles. The maximum Gasteiger partial charge on any atom is 0.0562 e. The lowest BCUT2D eigenvalue weighted by molar-refractivity contribution is 1.15. The van der Waals surface area contributed by atoms with Gasteiger partial charge in [-0.2, -0.15) is 0 Å². The Morgan fingerprint density at radius 2 is 0.592 bits per heavy atom. The van der Waals surface area contributed by atoms with Crippen LogP contribution in [0.4, 0.5) is 0 Å². The third kappa shape index (κ3) is 7.13. The van der Waals surface area contributed by atoms with Gasteiger partial charge in [0.25, 0.3) is 0 Å². The summed E-state index contributed by atoms with van der Waals surface area (Å²) in [6, 6.07) is 117. The molecule has 0 fully saturated rings. The Kier molecular flexibility index (Phi) is 11.4. The minimum Gasteiger partial charge on any atom is -0.309 e. The van der Waals surface area contributed by atoms with Crippen LogP contribution in [-0.2, 0) is 0 Å². The molecule has 2 aromatic heterocycles. The summed E-state index contributed by atoms with van der Waals surface area (Å²) in [7, 11) is -3.97. The Balaban J connectivity index is 1.01. The largest absolute Gasteiger partial charge is 0.309 e. The van der Waals surface area contributed by atoms with E-state index in [-0.39, 0.29) is 0 Å². The molecule has 0 atom stereocenters. The van der Waals surface area contributed by atoms with Crippen molar-refractivity contribution in [1.29, 1.82) is 0 Å². The minimum absolute atomic E-state index is 1.12. The van der Waals surface area contributed by atoms with Crippen LogP contribution in [0.1, 0.15) is 0 Å². The summed E-state index contributed by atoms with van der Waals surface area (Å²) < 4.78 is 5.02. The molecule has 0 amide bonds. The van der Waals surface area contributed by atoms with Crippen molar-refractivity contribution in [3.05, 3.63) is 315 Å². The van der Waals surface area contributed by atoms with Crippen molar-refractivity contribution < 1.29 is 0 Å². The summed E-state index contributed by atoms with van der Waals surface area (Å²) in [6.45, 7) is 0. The second kappa shape index (κ2) is 19.0. The van der Waals surface area contributed by atoms with Gasteiger partial charge in [0.2, 0.25) is 0 Å². The second-order valence-corrected chi connectivity index (χ2v) is 25.4. The molecule has 14 aromatic rings. The van der Waals surface area contributed by atoms with E-state index < -0.39 is 20.1 Å². The van der Waals surface area contributed by atoms with Crippen molar-refractivity contribution in [2.75, 3.05) is 0 Å². The predicted octanol–water partition coefficient (Wildman–Crippen LogP) is 20.2. The number of fused-ring (bicyclic) bond motifs is 6. The molecule has 0 N–H and O–H groups in total. The Morgan fingerprint density at radius 1 is 0.224 bits per heavy atom. The maximum atomic E-state index is 2.55. The number of benzene rings is 12. The summed E-state index contributed by atoms with van der Waals surface area (Å²) in [5.74, 6) is 0. The lowest BCUT2D eigenvalue weighted by Crippen LogP contribution is -2.06. The molecular weight excluding hydrogens is 957 g/mol. The second-order valence-electron chi connectivity index (χ2n) is 19.2. The van der Waals surface area contributed by atoms with Crippen molar-refractivity contribution in [1.82, 2.24) is 9.13 Å². The van der Waals surface area contributed by atoms with E-state index in [1.54, 1.807) is 0 Å². The van der Waals surface area contributed by atoms with Crippen molar-refractivity contribution >= 4 is 63.7 Å². The molecule has 14 rings (SSSR count). The average molecular weight is 1010 g/mol. The van der Waals surface area contributed by atoms with Crippen LogP contribution < -0.4 is 0 Å². The Morgan fingerprint density at radius 3 is 1.13 bits per heavy atom. The van der Waals surface area contributed by atoms with Gasteiger partial charge in [0, 0.05) is 66.4 Å². The van der Waals surface area contributed by atoms with E-state index >= 15 is 0 Å². The summed E-state index contributed by atoms with van der Waals surface area (Å²) in [5.41, 5.74) is 9.37. The molecule has 4 heteroatoms. The van der Waals surface area contributed by atoms with E-state index in [0.29, 0.717) is 0 Å². The lowest BCUT2D eigenvalue weighted by atomic mass is 10.1. The van der Waals surface area contributed by atoms with Crippen LogP contribution in [0, 0.1) is 0 Å². The van der Waals surface area contributed by atoms with Crippen LogP contribution in [0.25, 0.3) is 66.1 Å². The quantitative estimate of drug-likeness (QED) is 0.122. The summed E-state index contributed by atoms with van der Waals surface area (Å²) >= 11 is 0. The van der Waals surface area contributed by atoms with Gasteiger partial charge in [0.05, 0.1) is 27.8 Å². The number of aromatic nitrogens is 2. The molecule has 362 valence electrons. The highest BCUT2D eigenvalue weighted by molar-refractivity contribution is 8.34. The van der Waals surface area contributed by atoms with Gasteiger partial charge in [-0.05, 0) is 145 Å². The topological polar surface area (TPSA) is 9.86 Å². The average Bonchev–Trinajstić information content (AvgIpc) is 4.05. The highest BCUT2D eigenvalue weighted by Crippen LogP contribution is 2.76. The first-order valence-electron chi connectivity index (χ1n) is 26.0. The van der Waals surface area contributed by atoms with Gasteiger partial charge in [0.15, 0.2) is 0 Å². The number of para-hydroxylation sites is 2. The molecule has 0 aliphatic carbocycles. The molecule has 0 unspecified atom stereocenters. The molecule has 0 aliphatic rings. The highest BCUT2D eigenvalue weighted by Gasteiger charge is 2.37. The van der Waals surface area contributed by atoms with Crippen LogP contribution in [0.3, 0.4) is 0 Å². The number of rotatable bonds is 11. The van der Waals surface area contributed by atoms with Crippen molar-refractivity contribution in [2.24, 2.45) is 0 Å². The highest BCUT2D eigenvalue weighted by atomic mass is 32.3. The molecule has 2 heterocycles. The first-order chi connectivity index (χ1) is 37.7. The molecule has 76 heavy (non-hydrogen) atoms. The monoisotopic (exact) mass is 1010 g/mol. The standard InChI is InChI=1S/C72H52N2S2/c1-7-26-53(27-8-1)54-28-23-39-62(52-54)76(59-35-15-5-16-36-59,60-37-17-6-18-38-60)70-47-25-46-69-72(70)64-41-20-22-43-66(64)74(69)68-45-24-44-67-71(68)63-40-19-21-42-65(63)73(67)55-48-50-61(51-49-55)75(56-29-9-2-10-30-56,57-31-11-3-12-32-57)58-33-13-4-14-34-58/h1-52H. The predicted molar refractivity (Wildman–Crippen MR) is 321 cm³/mol. The Hall–Kier alpha value is -9.06. The van der Waals surface area contributed by atoms with E-state index in [1.165, 1.54) is 88.4 Å². The third-order valence-electron chi connectivity index (χ3n) is 15.1. The van der Waals surface area contributed by atoms with Crippen LogP contribution in [0.15, 0.2) is 355 Å². The fourth-order valence-electron chi connectivity index (χ4n) is 12.0. The smallest absolute Gasteiger partial charge is 0.0562 e. The van der Waals surface area contributed by atoms with Gasteiger partial charge in [0.1, 0.15) is 0 Å². The van der Waals surface area contributed by atoms with Gasteiger partial charge in [-0.15, -0.1) is 20.1 Å². The number of hydrogen-bond donors (Lipinski definition) is 0. The maximum absolute atomic E-state index is 2.55. The Bertz CT molecular complexity index is 4230. The molecule has 0 saturated heterocycles. The van der Waals surface area contributed by atoms with Gasteiger partial charge in [-0.3, -0.25) is 0 Å². The van der Waals surface area contributed by atoms with E-state index in [4.69, 9.17) is 0 Å². The minimum atomic E-state index is -2.12. The summed E-state index contributed by atoms with van der Waals surface area (Å²) in [4.78, 5) is 10.4. The normalized spacial score (nSPS) is 12.4. The molecular formula is C72H52N2S2. The van der Waals surface area contributed by atoms with Crippen LogP contribution in [0.2, 0.25) is 0 Å². The van der Waals surface area contributed by atoms with Crippen molar-refractivity contribution in [2.45, 2.75) is 39.2 Å².